The van der Waals surface area contributed by atoms with Crippen LogP contribution in [0.1, 0.15) is 43.9 Å². The standard InChI is InChI=1S/C25H30N2O5S/c1-3-26(4-2)33(29,30)21-11-7-19(8-12-21)9-14-25(28)27-15-5-6-22(27)20-10-13-23-24(18-20)32-17-16-31-23/h7-14,18,22H,3-6,15-17H2,1-2H3/b14-9+. The number of hydrogen-bond acceptors (Lipinski definition) is 5. The smallest absolute Gasteiger partial charge is 0.247 e. The summed E-state index contributed by atoms with van der Waals surface area (Å²) in [5, 5.41) is 0. The number of hydrogen-bond donors (Lipinski definition) is 0. The van der Waals surface area contributed by atoms with Gasteiger partial charge in [-0.05, 0) is 54.3 Å². The van der Waals surface area contributed by atoms with Gasteiger partial charge in [-0.25, -0.2) is 8.42 Å². The molecule has 8 heteroatoms. The van der Waals surface area contributed by atoms with E-state index in [0.29, 0.717) is 32.8 Å². The van der Waals surface area contributed by atoms with Gasteiger partial charge in [0.15, 0.2) is 11.5 Å². The molecule has 4 rings (SSSR count). The molecule has 0 aromatic heterocycles. The van der Waals surface area contributed by atoms with Crippen molar-refractivity contribution in [1.82, 2.24) is 9.21 Å². The molecule has 0 aliphatic carbocycles. The fourth-order valence-corrected chi connectivity index (χ4v) is 5.83. The molecule has 1 atom stereocenters. The van der Waals surface area contributed by atoms with Crippen LogP contribution in [-0.4, -0.2) is 56.4 Å². The van der Waals surface area contributed by atoms with Gasteiger partial charge in [-0.1, -0.05) is 32.0 Å². The minimum absolute atomic E-state index is 0.000402. The highest BCUT2D eigenvalue weighted by molar-refractivity contribution is 7.89. The Labute approximate surface area is 195 Å². The molecule has 0 radical (unpaired) electrons. The summed E-state index contributed by atoms with van der Waals surface area (Å²) in [6.45, 7) is 6.27. The van der Waals surface area contributed by atoms with E-state index < -0.39 is 10.0 Å². The zero-order valence-corrected chi connectivity index (χ0v) is 19.9. The van der Waals surface area contributed by atoms with Crippen LogP contribution < -0.4 is 9.47 Å². The molecule has 2 aliphatic rings. The molecule has 2 aliphatic heterocycles. The number of benzene rings is 2. The summed E-state index contributed by atoms with van der Waals surface area (Å²) in [4.78, 5) is 15.1. The molecule has 1 saturated heterocycles. The average Bonchev–Trinajstić information content (AvgIpc) is 3.33. The number of sulfonamides is 1. The maximum absolute atomic E-state index is 13.0. The van der Waals surface area contributed by atoms with Crippen LogP contribution in [0.15, 0.2) is 53.4 Å². The van der Waals surface area contributed by atoms with E-state index in [4.69, 9.17) is 9.47 Å². The van der Waals surface area contributed by atoms with Crippen molar-refractivity contribution in [3.8, 4) is 11.5 Å². The number of likely N-dealkylation sites (tertiary alicyclic amines) is 1. The van der Waals surface area contributed by atoms with Crippen molar-refractivity contribution in [2.75, 3.05) is 32.8 Å². The van der Waals surface area contributed by atoms with E-state index in [1.807, 2.05) is 36.9 Å². The first kappa shape index (κ1) is 23.3. The molecular weight excluding hydrogens is 440 g/mol. The Bertz CT molecular complexity index is 1120. The van der Waals surface area contributed by atoms with Gasteiger partial charge in [-0.3, -0.25) is 4.79 Å². The zero-order valence-electron chi connectivity index (χ0n) is 19.1. The highest BCUT2D eigenvalue weighted by Crippen LogP contribution is 2.38. The van der Waals surface area contributed by atoms with Crippen LogP contribution in [-0.2, 0) is 14.8 Å². The number of fused-ring (bicyclic) bond motifs is 1. The van der Waals surface area contributed by atoms with Crippen LogP contribution >= 0.6 is 0 Å². The molecule has 33 heavy (non-hydrogen) atoms. The van der Waals surface area contributed by atoms with Crippen LogP contribution in [0.4, 0.5) is 0 Å². The molecule has 0 N–H and O–H groups in total. The second-order valence-corrected chi connectivity index (χ2v) is 10.0. The van der Waals surface area contributed by atoms with Gasteiger partial charge < -0.3 is 14.4 Å². The zero-order chi connectivity index (χ0) is 23.4. The summed E-state index contributed by atoms with van der Waals surface area (Å²) in [6, 6.07) is 12.5. The van der Waals surface area contributed by atoms with E-state index in [2.05, 4.69) is 0 Å². The van der Waals surface area contributed by atoms with E-state index in [1.54, 1.807) is 36.4 Å². The van der Waals surface area contributed by atoms with Crippen LogP contribution in [0.2, 0.25) is 0 Å². The summed E-state index contributed by atoms with van der Waals surface area (Å²) in [5.41, 5.74) is 1.82. The van der Waals surface area contributed by atoms with Crippen molar-refractivity contribution in [2.45, 2.75) is 37.6 Å². The van der Waals surface area contributed by atoms with Gasteiger partial charge >= 0.3 is 0 Å². The van der Waals surface area contributed by atoms with Gasteiger partial charge in [0.25, 0.3) is 0 Å². The maximum atomic E-state index is 13.0. The van der Waals surface area contributed by atoms with Crippen LogP contribution in [0.5, 0.6) is 11.5 Å². The molecule has 176 valence electrons. The number of amides is 1. The molecule has 2 heterocycles. The number of nitrogens with zero attached hydrogens (tertiary/aromatic N) is 2. The summed E-state index contributed by atoms with van der Waals surface area (Å²) >= 11 is 0. The SMILES string of the molecule is CCN(CC)S(=O)(=O)c1ccc(/C=C/C(=O)N2CCCC2c2ccc3c(c2)OCCO3)cc1. The Balaban J connectivity index is 1.46. The molecule has 1 unspecified atom stereocenters. The molecule has 0 spiro atoms. The van der Waals surface area contributed by atoms with Crippen molar-refractivity contribution in [3.63, 3.8) is 0 Å². The minimum atomic E-state index is -3.49. The third-order valence-corrected chi connectivity index (χ3v) is 8.19. The first-order valence-corrected chi connectivity index (χ1v) is 12.9. The predicted octanol–water partition coefficient (Wildman–Crippen LogP) is 3.87. The monoisotopic (exact) mass is 470 g/mol. The Morgan fingerprint density at radius 1 is 1.06 bits per heavy atom. The van der Waals surface area contributed by atoms with Gasteiger partial charge in [0.1, 0.15) is 13.2 Å². The van der Waals surface area contributed by atoms with Gasteiger partial charge in [-0.2, -0.15) is 4.31 Å². The average molecular weight is 471 g/mol. The summed E-state index contributed by atoms with van der Waals surface area (Å²) < 4.78 is 38.0. The lowest BCUT2D eigenvalue weighted by Crippen LogP contribution is -2.30. The Kier molecular flexibility index (Phi) is 7.05. The Morgan fingerprint density at radius 2 is 1.76 bits per heavy atom. The van der Waals surface area contributed by atoms with Gasteiger partial charge in [-0.15, -0.1) is 0 Å². The lowest BCUT2D eigenvalue weighted by Gasteiger charge is -2.26. The maximum Gasteiger partial charge on any atom is 0.247 e. The number of ether oxygens (including phenoxy) is 2. The van der Waals surface area contributed by atoms with E-state index in [1.165, 1.54) is 4.31 Å². The van der Waals surface area contributed by atoms with Crippen molar-refractivity contribution in [1.29, 1.82) is 0 Å². The Morgan fingerprint density at radius 3 is 2.45 bits per heavy atom. The molecule has 0 saturated carbocycles. The molecular formula is C25H30N2O5S. The topological polar surface area (TPSA) is 76.2 Å². The van der Waals surface area contributed by atoms with Gasteiger partial charge in [0.05, 0.1) is 10.9 Å². The van der Waals surface area contributed by atoms with Crippen molar-refractivity contribution in [2.24, 2.45) is 0 Å². The predicted molar refractivity (Wildman–Crippen MR) is 127 cm³/mol. The number of carbonyl (C=O) groups is 1. The largest absolute Gasteiger partial charge is 0.486 e. The lowest BCUT2D eigenvalue weighted by molar-refractivity contribution is -0.126. The third-order valence-electron chi connectivity index (χ3n) is 6.13. The highest BCUT2D eigenvalue weighted by Gasteiger charge is 2.30. The quantitative estimate of drug-likeness (QED) is 0.575. The summed E-state index contributed by atoms with van der Waals surface area (Å²) in [7, 11) is -3.49. The molecule has 2 aromatic carbocycles. The van der Waals surface area contributed by atoms with E-state index in [-0.39, 0.29) is 16.8 Å². The second-order valence-electron chi connectivity index (χ2n) is 8.08. The Hall–Kier alpha value is -2.84. The van der Waals surface area contributed by atoms with E-state index >= 15 is 0 Å². The first-order chi connectivity index (χ1) is 15.9. The molecule has 0 bridgehead atoms. The molecule has 1 fully saturated rings. The molecule has 7 nitrogen and oxygen atoms in total. The molecule has 2 aromatic rings. The third kappa shape index (κ3) is 4.91. The normalized spacial score (nSPS) is 18.3. The van der Waals surface area contributed by atoms with Crippen LogP contribution in [0.3, 0.4) is 0 Å². The van der Waals surface area contributed by atoms with E-state index in [9.17, 15) is 13.2 Å². The first-order valence-electron chi connectivity index (χ1n) is 11.4. The van der Waals surface area contributed by atoms with Crippen molar-refractivity contribution >= 4 is 22.0 Å². The number of carbonyl (C=O) groups excluding carboxylic acids is 1. The van der Waals surface area contributed by atoms with Gasteiger partial charge in [0.2, 0.25) is 15.9 Å². The summed E-state index contributed by atoms with van der Waals surface area (Å²) in [6.07, 6.45) is 5.13. The van der Waals surface area contributed by atoms with Crippen LogP contribution in [0, 0.1) is 0 Å². The minimum Gasteiger partial charge on any atom is -0.486 e. The van der Waals surface area contributed by atoms with Crippen molar-refractivity contribution < 1.29 is 22.7 Å². The van der Waals surface area contributed by atoms with Crippen LogP contribution in [0.25, 0.3) is 6.08 Å². The second kappa shape index (κ2) is 9.97. The van der Waals surface area contributed by atoms with E-state index in [0.717, 1.165) is 35.5 Å². The van der Waals surface area contributed by atoms with Crippen molar-refractivity contribution in [3.05, 3.63) is 59.7 Å². The van der Waals surface area contributed by atoms with Gasteiger partial charge in [0, 0.05) is 25.7 Å². The fourth-order valence-electron chi connectivity index (χ4n) is 4.37. The number of rotatable bonds is 7. The summed E-state index contributed by atoms with van der Waals surface area (Å²) in [5.74, 6) is 1.41. The lowest BCUT2D eigenvalue weighted by atomic mass is 10.0. The highest BCUT2D eigenvalue weighted by atomic mass is 32.2. The fraction of sp³-hybridized carbons (Fsp3) is 0.400. The molecule has 1 amide bonds.